The van der Waals surface area contributed by atoms with Gasteiger partial charge in [0, 0.05) is 5.56 Å². The molecular formula is C12H16O4. The van der Waals surface area contributed by atoms with Gasteiger partial charge in [0.2, 0.25) is 0 Å². The fourth-order valence-corrected chi connectivity index (χ4v) is 1.81. The zero-order valence-corrected chi connectivity index (χ0v) is 9.53. The van der Waals surface area contributed by atoms with Gasteiger partial charge in [-0.25, -0.2) is 0 Å². The lowest BCUT2D eigenvalue weighted by Gasteiger charge is -2.37. The maximum atomic E-state index is 10.2. The molecule has 4 nitrogen and oxygen atoms in total. The molecule has 0 aromatic heterocycles. The highest BCUT2D eigenvalue weighted by Crippen LogP contribution is 2.40. The van der Waals surface area contributed by atoms with Crippen LogP contribution in [0, 0.1) is 0 Å². The third-order valence-electron chi connectivity index (χ3n) is 2.67. The summed E-state index contributed by atoms with van der Waals surface area (Å²) in [6.07, 6.45) is 0. The Morgan fingerprint density at radius 2 is 2.19 bits per heavy atom. The topological polar surface area (TPSA) is 47.9 Å². The Morgan fingerprint density at radius 3 is 2.69 bits per heavy atom. The third kappa shape index (κ3) is 1.74. The molecule has 0 radical (unpaired) electrons. The second kappa shape index (κ2) is 4.31. The lowest BCUT2D eigenvalue weighted by Crippen LogP contribution is -2.46. The summed E-state index contributed by atoms with van der Waals surface area (Å²) < 4.78 is 15.8. The summed E-state index contributed by atoms with van der Waals surface area (Å²) in [5.41, 5.74) is -0.203. The molecular weight excluding hydrogens is 208 g/mol. The number of benzene rings is 1. The van der Waals surface area contributed by atoms with Crippen LogP contribution >= 0.6 is 0 Å². The lowest BCUT2D eigenvalue weighted by molar-refractivity contribution is -0.185. The molecule has 1 heterocycles. The number of rotatable bonds is 4. The zero-order chi connectivity index (χ0) is 11.6. The molecule has 1 aliphatic rings. The Labute approximate surface area is 94.8 Å². The molecule has 1 aliphatic heterocycles. The van der Waals surface area contributed by atoms with Crippen molar-refractivity contribution < 1.29 is 19.3 Å². The van der Waals surface area contributed by atoms with Gasteiger partial charge in [0.25, 0.3) is 0 Å². The van der Waals surface area contributed by atoms with Crippen LogP contribution in [0.4, 0.5) is 0 Å². The Morgan fingerprint density at radius 1 is 1.44 bits per heavy atom. The van der Waals surface area contributed by atoms with Gasteiger partial charge in [0.1, 0.15) is 5.60 Å². The molecule has 0 amide bonds. The zero-order valence-electron chi connectivity index (χ0n) is 9.53. The molecule has 2 rings (SSSR count). The number of hydrogen-bond donors (Lipinski definition) is 1. The van der Waals surface area contributed by atoms with Gasteiger partial charge in [0.15, 0.2) is 11.5 Å². The van der Waals surface area contributed by atoms with Crippen LogP contribution in [-0.2, 0) is 10.3 Å². The van der Waals surface area contributed by atoms with E-state index in [0.29, 0.717) is 31.3 Å². The summed E-state index contributed by atoms with van der Waals surface area (Å²) in [6.45, 7) is 3.08. The van der Waals surface area contributed by atoms with E-state index < -0.39 is 5.60 Å². The minimum atomic E-state index is -0.932. The molecule has 0 aliphatic carbocycles. The first-order valence-electron chi connectivity index (χ1n) is 5.31. The van der Waals surface area contributed by atoms with Crippen molar-refractivity contribution in [1.29, 1.82) is 0 Å². The van der Waals surface area contributed by atoms with Gasteiger partial charge in [-0.2, -0.15) is 0 Å². The second-order valence-electron chi connectivity index (χ2n) is 3.79. The van der Waals surface area contributed by atoms with Gasteiger partial charge >= 0.3 is 0 Å². The van der Waals surface area contributed by atoms with Crippen molar-refractivity contribution in [2.45, 2.75) is 12.5 Å². The van der Waals surface area contributed by atoms with Crippen molar-refractivity contribution in [1.82, 2.24) is 0 Å². The first kappa shape index (κ1) is 11.2. The number of hydrogen-bond acceptors (Lipinski definition) is 4. The fraction of sp³-hybridized carbons (Fsp3) is 0.500. The largest absolute Gasteiger partial charge is 0.492 e. The van der Waals surface area contributed by atoms with Crippen molar-refractivity contribution >= 4 is 0 Å². The normalized spacial score (nSPS) is 17.7. The Bertz CT molecular complexity index is 371. The molecule has 1 fully saturated rings. The highest BCUT2D eigenvalue weighted by molar-refractivity contribution is 5.50. The van der Waals surface area contributed by atoms with Gasteiger partial charge in [0.05, 0.1) is 26.9 Å². The molecule has 1 aromatic rings. The molecule has 4 heteroatoms. The summed E-state index contributed by atoms with van der Waals surface area (Å²) in [7, 11) is 1.57. The van der Waals surface area contributed by atoms with E-state index in [1.165, 1.54) is 0 Å². The van der Waals surface area contributed by atoms with Gasteiger partial charge in [-0.05, 0) is 13.0 Å². The second-order valence-corrected chi connectivity index (χ2v) is 3.79. The monoisotopic (exact) mass is 224 g/mol. The first-order valence-corrected chi connectivity index (χ1v) is 5.31. The van der Waals surface area contributed by atoms with E-state index in [1.807, 2.05) is 25.1 Å². The Kier molecular flexibility index (Phi) is 3.03. The summed E-state index contributed by atoms with van der Waals surface area (Å²) in [5, 5.41) is 10.2. The van der Waals surface area contributed by atoms with Crippen LogP contribution < -0.4 is 9.47 Å². The first-order chi connectivity index (χ1) is 7.71. The smallest absolute Gasteiger partial charge is 0.166 e. The Hall–Kier alpha value is -1.26. The molecule has 1 aromatic carbocycles. The van der Waals surface area contributed by atoms with E-state index in [9.17, 15) is 5.11 Å². The molecule has 16 heavy (non-hydrogen) atoms. The molecule has 0 atom stereocenters. The van der Waals surface area contributed by atoms with E-state index in [0.717, 1.165) is 5.56 Å². The minimum absolute atomic E-state index is 0.305. The van der Waals surface area contributed by atoms with Crippen molar-refractivity contribution in [2.24, 2.45) is 0 Å². The fourth-order valence-electron chi connectivity index (χ4n) is 1.81. The molecule has 0 saturated carbocycles. The SMILES string of the molecule is CCOc1cccc(C2(O)COC2)c1OC. The van der Waals surface area contributed by atoms with E-state index in [1.54, 1.807) is 7.11 Å². The van der Waals surface area contributed by atoms with Crippen LogP contribution in [0.15, 0.2) is 18.2 Å². The number of para-hydroxylation sites is 1. The van der Waals surface area contributed by atoms with Crippen LogP contribution in [-0.4, -0.2) is 32.0 Å². The molecule has 0 unspecified atom stereocenters. The van der Waals surface area contributed by atoms with Crippen molar-refractivity contribution in [3.63, 3.8) is 0 Å². The van der Waals surface area contributed by atoms with Gasteiger partial charge in [-0.1, -0.05) is 12.1 Å². The molecule has 1 saturated heterocycles. The summed E-state index contributed by atoms with van der Waals surface area (Å²) >= 11 is 0. The van der Waals surface area contributed by atoms with E-state index in [2.05, 4.69) is 0 Å². The van der Waals surface area contributed by atoms with Crippen molar-refractivity contribution in [2.75, 3.05) is 26.9 Å². The number of methoxy groups -OCH3 is 1. The standard InChI is InChI=1S/C12H16O4/c1-3-16-10-6-4-5-9(11(10)14-2)12(13)7-15-8-12/h4-6,13H,3,7-8H2,1-2H3. The molecule has 0 bridgehead atoms. The van der Waals surface area contributed by atoms with E-state index in [4.69, 9.17) is 14.2 Å². The highest BCUT2D eigenvalue weighted by atomic mass is 16.5. The van der Waals surface area contributed by atoms with Crippen LogP contribution in [0.2, 0.25) is 0 Å². The molecule has 1 N–H and O–H groups in total. The van der Waals surface area contributed by atoms with Gasteiger partial charge < -0.3 is 19.3 Å². The highest BCUT2D eigenvalue weighted by Gasteiger charge is 2.41. The Balaban J connectivity index is 2.40. The summed E-state index contributed by atoms with van der Waals surface area (Å²) in [6, 6.07) is 5.51. The van der Waals surface area contributed by atoms with Gasteiger partial charge in [-0.15, -0.1) is 0 Å². The average molecular weight is 224 g/mol. The van der Waals surface area contributed by atoms with Crippen molar-refractivity contribution in [3.05, 3.63) is 23.8 Å². The molecule has 88 valence electrons. The third-order valence-corrected chi connectivity index (χ3v) is 2.67. The minimum Gasteiger partial charge on any atom is -0.492 e. The van der Waals surface area contributed by atoms with E-state index in [-0.39, 0.29) is 0 Å². The predicted molar refractivity (Wildman–Crippen MR) is 58.9 cm³/mol. The van der Waals surface area contributed by atoms with Crippen LogP contribution in [0.25, 0.3) is 0 Å². The quantitative estimate of drug-likeness (QED) is 0.837. The molecule has 0 spiro atoms. The summed E-state index contributed by atoms with van der Waals surface area (Å²) in [4.78, 5) is 0. The summed E-state index contributed by atoms with van der Waals surface area (Å²) in [5.74, 6) is 1.25. The lowest BCUT2D eigenvalue weighted by atomic mass is 9.91. The average Bonchev–Trinajstić information content (AvgIpc) is 2.26. The number of ether oxygens (including phenoxy) is 3. The van der Waals surface area contributed by atoms with Crippen LogP contribution in [0.1, 0.15) is 12.5 Å². The number of aliphatic hydroxyl groups is 1. The van der Waals surface area contributed by atoms with Crippen molar-refractivity contribution in [3.8, 4) is 11.5 Å². The van der Waals surface area contributed by atoms with Crippen LogP contribution in [0.3, 0.4) is 0 Å². The maximum Gasteiger partial charge on any atom is 0.166 e. The van der Waals surface area contributed by atoms with Crippen LogP contribution in [0.5, 0.6) is 11.5 Å². The maximum absolute atomic E-state index is 10.2. The van der Waals surface area contributed by atoms with E-state index >= 15 is 0 Å². The predicted octanol–water partition coefficient (Wildman–Crippen LogP) is 1.31. The van der Waals surface area contributed by atoms with Gasteiger partial charge in [-0.3, -0.25) is 0 Å².